The van der Waals surface area contributed by atoms with E-state index in [0.717, 1.165) is 17.7 Å². The zero-order valence-corrected chi connectivity index (χ0v) is 16.0. The van der Waals surface area contributed by atoms with Crippen molar-refractivity contribution >= 4 is 0 Å². The summed E-state index contributed by atoms with van der Waals surface area (Å²) in [6.45, 7) is 2.16. The molecular weight excluding hydrogens is 413 g/mol. The van der Waals surface area contributed by atoms with Crippen LogP contribution in [0.25, 0.3) is 23.1 Å². The van der Waals surface area contributed by atoms with Crippen molar-refractivity contribution < 1.29 is 22.4 Å². The largest absolute Gasteiger partial charge is 0.573 e. The Hall–Kier alpha value is -4.20. The molecule has 0 fully saturated rings. The summed E-state index contributed by atoms with van der Waals surface area (Å²) in [7, 11) is 0. The molecule has 11 heteroatoms. The third kappa shape index (κ3) is 4.69. The highest BCUT2D eigenvalue weighted by Crippen LogP contribution is 2.26. The van der Waals surface area contributed by atoms with Gasteiger partial charge in [0, 0.05) is 5.56 Å². The van der Waals surface area contributed by atoms with E-state index in [-0.39, 0.29) is 23.3 Å². The lowest BCUT2D eigenvalue weighted by Gasteiger charge is -2.08. The molecule has 0 atom stereocenters. The molecule has 31 heavy (non-hydrogen) atoms. The van der Waals surface area contributed by atoms with Crippen molar-refractivity contribution in [1.82, 2.24) is 24.9 Å². The number of hydrogen-bond donors (Lipinski definition) is 0. The lowest BCUT2D eigenvalue weighted by molar-refractivity contribution is -0.274. The molecule has 0 amide bonds. The molecule has 0 aliphatic heterocycles. The van der Waals surface area contributed by atoms with E-state index in [4.69, 9.17) is 9.78 Å². The molecule has 4 aromatic rings. The number of alkyl halides is 3. The van der Waals surface area contributed by atoms with Crippen LogP contribution in [0.2, 0.25) is 0 Å². The maximum absolute atomic E-state index is 12.3. The van der Waals surface area contributed by atoms with Crippen LogP contribution >= 0.6 is 0 Å². The Kier molecular flexibility index (Phi) is 5.12. The highest BCUT2D eigenvalue weighted by Gasteiger charge is 2.31. The highest BCUT2D eigenvalue weighted by molar-refractivity contribution is 5.57. The Morgan fingerprint density at radius 3 is 2.58 bits per heavy atom. The van der Waals surface area contributed by atoms with Gasteiger partial charge >= 0.3 is 6.36 Å². The number of nitrogens with zero attached hydrogens (tertiary/aromatic N) is 6. The SMILES string of the molecule is Cc1nc(-c2nc(-c3ccc(OC(F)(F)F)cc3)no2)nn1Cc1cccc(C#N)c1. The number of aryl methyl sites for hydroxylation is 1. The third-order valence-corrected chi connectivity index (χ3v) is 4.21. The van der Waals surface area contributed by atoms with Gasteiger partial charge in [-0.15, -0.1) is 18.3 Å². The lowest BCUT2D eigenvalue weighted by Crippen LogP contribution is -2.16. The van der Waals surface area contributed by atoms with Gasteiger partial charge in [-0.2, -0.15) is 10.2 Å². The summed E-state index contributed by atoms with van der Waals surface area (Å²) in [4.78, 5) is 8.55. The summed E-state index contributed by atoms with van der Waals surface area (Å²) in [5.74, 6) is 0.703. The summed E-state index contributed by atoms with van der Waals surface area (Å²) in [6.07, 6.45) is -4.76. The van der Waals surface area contributed by atoms with Crippen LogP contribution in [0.1, 0.15) is 17.0 Å². The van der Waals surface area contributed by atoms with Gasteiger partial charge in [0.2, 0.25) is 11.6 Å². The number of rotatable bonds is 5. The van der Waals surface area contributed by atoms with E-state index in [1.165, 1.54) is 12.1 Å². The van der Waals surface area contributed by atoms with E-state index >= 15 is 0 Å². The predicted molar refractivity (Wildman–Crippen MR) is 100 cm³/mol. The molecule has 0 bridgehead atoms. The first-order valence-corrected chi connectivity index (χ1v) is 8.91. The molecule has 8 nitrogen and oxygen atoms in total. The van der Waals surface area contributed by atoms with E-state index in [1.807, 2.05) is 6.07 Å². The summed E-state index contributed by atoms with van der Waals surface area (Å²) in [5, 5.41) is 17.2. The maximum Gasteiger partial charge on any atom is 0.573 e. The van der Waals surface area contributed by atoms with Crippen LogP contribution in [-0.4, -0.2) is 31.3 Å². The van der Waals surface area contributed by atoms with Crippen molar-refractivity contribution in [1.29, 1.82) is 5.26 Å². The Morgan fingerprint density at radius 2 is 1.87 bits per heavy atom. The second kappa shape index (κ2) is 7.91. The summed E-state index contributed by atoms with van der Waals surface area (Å²) >= 11 is 0. The molecule has 0 saturated carbocycles. The predicted octanol–water partition coefficient (Wildman–Crippen LogP) is 4.12. The van der Waals surface area contributed by atoms with Crippen molar-refractivity contribution in [3.8, 4) is 34.9 Å². The molecule has 2 heterocycles. The molecule has 0 N–H and O–H groups in total. The quantitative estimate of drug-likeness (QED) is 0.473. The van der Waals surface area contributed by atoms with Gasteiger partial charge in [0.15, 0.2) is 0 Å². The van der Waals surface area contributed by atoms with Gasteiger partial charge in [0.1, 0.15) is 11.6 Å². The average Bonchev–Trinajstić information content (AvgIpc) is 3.35. The molecule has 0 radical (unpaired) electrons. The van der Waals surface area contributed by atoms with E-state index in [0.29, 0.717) is 23.5 Å². The standard InChI is InChI=1S/C20H13F3N6O2/c1-12-25-18(27-29(12)11-14-4-2-3-13(9-14)10-24)19-26-17(28-31-19)15-5-7-16(8-6-15)30-20(21,22)23/h2-9H,11H2,1H3. The van der Waals surface area contributed by atoms with Crippen molar-refractivity contribution in [2.75, 3.05) is 0 Å². The van der Waals surface area contributed by atoms with Crippen LogP contribution in [0.5, 0.6) is 5.75 Å². The fourth-order valence-corrected chi connectivity index (χ4v) is 2.81. The van der Waals surface area contributed by atoms with Gasteiger partial charge in [-0.3, -0.25) is 0 Å². The number of ether oxygens (including phenoxy) is 1. The van der Waals surface area contributed by atoms with Gasteiger partial charge in [0.05, 0.1) is 18.2 Å². The van der Waals surface area contributed by atoms with Gasteiger partial charge in [0.25, 0.3) is 5.89 Å². The molecule has 0 saturated heterocycles. The Bertz CT molecular complexity index is 1260. The van der Waals surface area contributed by atoms with Crippen LogP contribution in [0.4, 0.5) is 13.2 Å². The molecule has 2 aromatic carbocycles. The minimum absolute atomic E-state index is 0.0678. The topological polar surface area (TPSA) is 103 Å². The van der Waals surface area contributed by atoms with Crippen LogP contribution in [-0.2, 0) is 6.54 Å². The number of aromatic nitrogens is 5. The van der Waals surface area contributed by atoms with E-state index in [9.17, 15) is 13.2 Å². The molecule has 2 aromatic heterocycles. The second-order valence-electron chi connectivity index (χ2n) is 6.45. The minimum atomic E-state index is -4.76. The van der Waals surface area contributed by atoms with Crippen LogP contribution < -0.4 is 4.74 Å². The molecule has 0 spiro atoms. The zero-order valence-electron chi connectivity index (χ0n) is 16.0. The van der Waals surface area contributed by atoms with Crippen LogP contribution in [0.3, 0.4) is 0 Å². The fourth-order valence-electron chi connectivity index (χ4n) is 2.81. The van der Waals surface area contributed by atoms with Crippen LogP contribution in [0.15, 0.2) is 53.1 Å². The Labute approximate surface area is 173 Å². The van der Waals surface area contributed by atoms with Crippen LogP contribution in [0, 0.1) is 18.3 Å². The molecule has 0 aliphatic carbocycles. The Balaban J connectivity index is 1.53. The van der Waals surface area contributed by atoms with Gasteiger partial charge in [-0.05, 0) is 48.9 Å². The van der Waals surface area contributed by atoms with Crippen molar-refractivity contribution in [2.45, 2.75) is 19.8 Å². The minimum Gasteiger partial charge on any atom is -0.406 e. The summed E-state index contributed by atoms with van der Waals surface area (Å²) in [5.41, 5.74) is 1.86. The smallest absolute Gasteiger partial charge is 0.406 e. The van der Waals surface area contributed by atoms with Gasteiger partial charge < -0.3 is 9.26 Å². The lowest BCUT2D eigenvalue weighted by atomic mass is 10.1. The Morgan fingerprint density at radius 1 is 1.10 bits per heavy atom. The molecular formula is C20H13F3N6O2. The molecule has 4 rings (SSSR count). The summed E-state index contributed by atoms with van der Waals surface area (Å²) < 4.78 is 47.5. The van der Waals surface area contributed by atoms with Crippen molar-refractivity contribution in [3.05, 3.63) is 65.5 Å². The fraction of sp³-hybridized carbons (Fsp3) is 0.150. The molecule has 0 unspecified atom stereocenters. The number of hydrogen-bond acceptors (Lipinski definition) is 7. The van der Waals surface area contributed by atoms with E-state index < -0.39 is 6.36 Å². The number of halogens is 3. The van der Waals surface area contributed by atoms with E-state index in [2.05, 4.69) is 31.0 Å². The molecule has 156 valence electrons. The zero-order chi connectivity index (χ0) is 22.0. The van der Waals surface area contributed by atoms with Crippen molar-refractivity contribution in [3.63, 3.8) is 0 Å². The highest BCUT2D eigenvalue weighted by atomic mass is 19.4. The van der Waals surface area contributed by atoms with Gasteiger partial charge in [-0.25, -0.2) is 9.67 Å². The van der Waals surface area contributed by atoms with Crippen molar-refractivity contribution in [2.24, 2.45) is 0 Å². The normalized spacial score (nSPS) is 11.3. The average molecular weight is 426 g/mol. The monoisotopic (exact) mass is 426 g/mol. The third-order valence-electron chi connectivity index (χ3n) is 4.21. The maximum atomic E-state index is 12.3. The first-order valence-electron chi connectivity index (χ1n) is 8.91. The first-order chi connectivity index (χ1) is 14.8. The summed E-state index contributed by atoms with van der Waals surface area (Å²) in [6, 6.07) is 14.3. The second-order valence-corrected chi connectivity index (χ2v) is 6.45. The first kappa shape index (κ1) is 20.1. The van der Waals surface area contributed by atoms with Gasteiger partial charge in [-0.1, -0.05) is 17.3 Å². The van der Waals surface area contributed by atoms with E-state index in [1.54, 1.807) is 29.8 Å². The number of nitriles is 1. The number of benzene rings is 2. The molecule has 0 aliphatic rings.